The lowest BCUT2D eigenvalue weighted by Gasteiger charge is -2.34. The Morgan fingerprint density at radius 1 is 0.929 bits per heavy atom. The summed E-state index contributed by atoms with van der Waals surface area (Å²) in [7, 11) is 4.13. The molecule has 4 rings (SSSR count). The highest BCUT2D eigenvalue weighted by atomic mass is 15.3. The maximum absolute atomic E-state index is 4.59. The summed E-state index contributed by atoms with van der Waals surface area (Å²) in [5.74, 6) is 1.21. The Bertz CT molecular complexity index is 890. The molecule has 1 saturated heterocycles. The van der Waals surface area contributed by atoms with Gasteiger partial charge >= 0.3 is 0 Å². The van der Waals surface area contributed by atoms with E-state index in [9.17, 15) is 0 Å². The first-order valence-corrected chi connectivity index (χ1v) is 9.48. The number of nitrogens with zero attached hydrogens (tertiary/aromatic N) is 6. The summed E-state index contributed by atoms with van der Waals surface area (Å²) in [4.78, 5) is 11.3. The molecule has 3 aromatic rings. The van der Waals surface area contributed by atoms with Gasteiger partial charge < -0.3 is 20.0 Å². The van der Waals surface area contributed by atoms with Crippen molar-refractivity contribution in [2.75, 3.05) is 55.4 Å². The fourth-order valence-electron chi connectivity index (χ4n) is 3.24. The SMILES string of the molecule is CN1CCN(c2ccc(Nc3nncc(N(C)c4ccccc4)n3)cc2)CC1. The Balaban J connectivity index is 1.44. The number of aromatic nitrogens is 3. The standard InChI is InChI=1S/C21H25N7/c1-26-12-14-28(15-13-26)19-10-8-17(9-11-19)23-21-24-20(16-22-25-21)27(2)18-6-4-3-5-7-18/h3-11,16H,12-15H2,1-2H3,(H,23,24,25). The number of anilines is 5. The second-order valence-corrected chi connectivity index (χ2v) is 6.99. The molecule has 7 nitrogen and oxygen atoms in total. The van der Waals surface area contributed by atoms with Crippen LogP contribution >= 0.6 is 0 Å². The fourth-order valence-corrected chi connectivity index (χ4v) is 3.24. The first-order chi connectivity index (χ1) is 13.7. The molecule has 0 aliphatic carbocycles. The van der Waals surface area contributed by atoms with Gasteiger partial charge in [-0.2, -0.15) is 10.1 Å². The van der Waals surface area contributed by atoms with Crippen LogP contribution in [-0.2, 0) is 0 Å². The van der Waals surface area contributed by atoms with Gasteiger partial charge in [-0.05, 0) is 43.4 Å². The van der Waals surface area contributed by atoms with Crippen LogP contribution in [0.25, 0.3) is 0 Å². The summed E-state index contributed by atoms with van der Waals surface area (Å²) < 4.78 is 0. The molecule has 2 heterocycles. The lowest BCUT2D eigenvalue weighted by Crippen LogP contribution is -2.44. The van der Waals surface area contributed by atoms with Crippen molar-refractivity contribution in [2.24, 2.45) is 0 Å². The summed E-state index contributed by atoms with van der Waals surface area (Å²) in [6.45, 7) is 4.32. The Hall–Kier alpha value is -3.19. The molecule has 0 radical (unpaired) electrons. The average Bonchev–Trinajstić information content (AvgIpc) is 2.75. The number of hydrogen-bond donors (Lipinski definition) is 1. The van der Waals surface area contributed by atoms with Gasteiger partial charge in [0.25, 0.3) is 0 Å². The smallest absolute Gasteiger partial charge is 0.249 e. The second kappa shape index (κ2) is 8.22. The minimum Gasteiger partial charge on any atom is -0.369 e. The van der Waals surface area contributed by atoms with Gasteiger partial charge in [-0.3, -0.25) is 0 Å². The quantitative estimate of drug-likeness (QED) is 0.735. The lowest BCUT2D eigenvalue weighted by molar-refractivity contribution is 0.313. The zero-order chi connectivity index (χ0) is 19.3. The van der Waals surface area contributed by atoms with Crippen LogP contribution in [0.1, 0.15) is 0 Å². The monoisotopic (exact) mass is 375 g/mol. The van der Waals surface area contributed by atoms with Crippen molar-refractivity contribution in [1.29, 1.82) is 0 Å². The third-order valence-electron chi connectivity index (χ3n) is 5.03. The van der Waals surface area contributed by atoms with E-state index in [0.29, 0.717) is 5.95 Å². The molecule has 0 saturated carbocycles. The average molecular weight is 375 g/mol. The largest absolute Gasteiger partial charge is 0.369 e. The zero-order valence-electron chi connectivity index (χ0n) is 16.3. The molecule has 1 N–H and O–H groups in total. The Morgan fingerprint density at radius 2 is 1.64 bits per heavy atom. The minimum absolute atomic E-state index is 0.479. The molecular formula is C21H25N7. The van der Waals surface area contributed by atoms with Gasteiger partial charge in [0.1, 0.15) is 0 Å². The van der Waals surface area contributed by atoms with Gasteiger partial charge in [-0.15, -0.1) is 5.10 Å². The number of benzene rings is 2. The van der Waals surface area contributed by atoms with E-state index < -0.39 is 0 Å². The highest BCUT2D eigenvalue weighted by Crippen LogP contribution is 2.23. The van der Waals surface area contributed by atoms with E-state index in [0.717, 1.165) is 43.4 Å². The summed E-state index contributed by atoms with van der Waals surface area (Å²) in [6.07, 6.45) is 1.66. The van der Waals surface area contributed by atoms with Crippen molar-refractivity contribution in [3.8, 4) is 0 Å². The second-order valence-electron chi connectivity index (χ2n) is 6.99. The predicted octanol–water partition coefficient (Wildman–Crippen LogP) is 3.13. The molecule has 28 heavy (non-hydrogen) atoms. The molecule has 0 atom stereocenters. The third kappa shape index (κ3) is 4.20. The van der Waals surface area contributed by atoms with Crippen LogP contribution in [0.15, 0.2) is 60.8 Å². The van der Waals surface area contributed by atoms with Crippen molar-refractivity contribution >= 4 is 28.8 Å². The van der Waals surface area contributed by atoms with Gasteiger partial charge in [-0.25, -0.2) is 0 Å². The van der Waals surface area contributed by atoms with Crippen LogP contribution in [0.2, 0.25) is 0 Å². The molecule has 0 unspecified atom stereocenters. The van der Waals surface area contributed by atoms with Gasteiger partial charge in [0, 0.05) is 50.3 Å². The highest BCUT2D eigenvalue weighted by molar-refractivity contribution is 5.62. The zero-order valence-corrected chi connectivity index (χ0v) is 16.3. The van der Waals surface area contributed by atoms with Crippen molar-refractivity contribution in [1.82, 2.24) is 20.1 Å². The first-order valence-electron chi connectivity index (χ1n) is 9.48. The van der Waals surface area contributed by atoms with Crippen molar-refractivity contribution in [3.63, 3.8) is 0 Å². The molecule has 1 fully saturated rings. The molecule has 1 aliphatic rings. The Kier molecular flexibility index (Phi) is 5.34. The number of hydrogen-bond acceptors (Lipinski definition) is 7. The normalized spacial score (nSPS) is 14.7. The van der Waals surface area contributed by atoms with Crippen LogP contribution < -0.4 is 15.1 Å². The number of para-hydroxylation sites is 1. The maximum atomic E-state index is 4.59. The van der Waals surface area contributed by atoms with Gasteiger partial charge in [0.2, 0.25) is 5.95 Å². The van der Waals surface area contributed by atoms with Crippen molar-refractivity contribution in [3.05, 3.63) is 60.8 Å². The van der Waals surface area contributed by atoms with E-state index >= 15 is 0 Å². The van der Waals surface area contributed by atoms with Gasteiger partial charge in [-0.1, -0.05) is 18.2 Å². The number of likely N-dealkylation sites (N-methyl/N-ethyl adjacent to an activating group) is 1. The summed E-state index contributed by atoms with van der Waals surface area (Å²) in [5, 5.41) is 11.5. The summed E-state index contributed by atoms with van der Waals surface area (Å²) in [6, 6.07) is 18.5. The van der Waals surface area contributed by atoms with Crippen LogP contribution in [0.4, 0.5) is 28.8 Å². The van der Waals surface area contributed by atoms with Crippen molar-refractivity contribution in [2.45, 2.75) is 0 Å². The van der Waals surface area contributed by atoms with Gasteiger partial charge in [0.05, 0.1) is 6.20 Å². The van der Waals surface area contributed by atoms with Crippen LogP contribution in [-0.4, -0.2) is 60.4 Å². The number of nitrogens with one attached hydrogen (secondary N) is 1. The highest BCUT2D eigenvalue weighted by Gasteiger charge is 2.14. The van der Waals surface area contributed by atoms with E-state index in [2.05, 4.69) is 61.6 Å². The Morgan fingerprint density at radius 3 is 2.36 bits per heavy atom. The van der Waals surface area contributed by atoms with Crippen LogP contribution in [0, 0.1) is 0 Å². The molecule has 2 aromatic carbocycles. The van der Waals surface area contributed by atoms with E-state index in [4.69, 9.17) is 0 Å². The summed E-state index contributed by atoms with van der Waals surface area (Å²) in [5.41, 5.74) is 3.24. The molecule has 1 aliphatic heterocycles. The van der Waals surface area contributed by atoms with Crippen LogP contribution in [0.3, 0.4) is 0 Å². The van der Waals surface area contributed by atoms with Gasteiger partial charge in [0.15, 0.2) is 5.82 Å². The summed E-state index contributed by atoms with van der Waals surface area (Å²) >= 11 is 0. The van der Waals surface area contributed by atoms with E-state index in [-0.39, 0.29) is 0 Å². The fraction of sp³-hybridized carbons (Fsp3) is 0.286. The first kappa shape index (κ1) is 18.2. The van der Waals surface area contributed by atoms with Crippen molar-refractivity contribution < 1.29 is 0 Å². The molecule has 0 spiro atoms. The Labute approximate surface area is 165 Å². The minimum atomic E-state index is 0.479. The topological polar surface area (TPSA) is 60.4 Å². The lowest BCUT2D eigenvalue weighted by atomic mass is 10.2. The van der Waals surface area contributed by atoms with Crippen LogP contribution in [0.5, 0.6) is 0 Å². The molecule has 1 aromatic heterocycles. The molecule has 144 valence electrons. The molecule has 0 bridgehead atoms. The number of rotatable bonds is 5. The molecular weight excluding hydrogens is 350 g/mol. The molecule has 7 heteroatoms. The van der Waals surface area contributed by atoms with E-state index in [1.807, 2.05) is 42.3 Å². The van der Waals surface area contributed by atoms with E-state index in [1.165, 1.54) is 5.69 Å². The van der Waals surface area contributed by atoms with E-state index in [1.54, 1.807) is 6.20 Å². The third-order valence-corrected chi connectivity index (χ3v) is 5.03. The number of piperazine rings is 1. The molecule has 0 amide bonds. The predicted molar refractivity (Wildman–Crippen MR) is 114 cm³/mol. The maximum Gasteiger partial charge on any atom is 0.249 e.